The third-order valence-corrected chi connectivity index (χ3v) is 6.21. The van der Waals surface area contributed by atoms with Crippen LogP contribution in [0, 0.1) is 0 Å². The average molecular weight is 545 g/mol. The molecule has 2 aromatic carbocycles. The summed E-state index contributed by atoms with van der Waals surface area (Å²) in [5.41, 5.74) is 10.0. The predicted molar refractivity (Wildman–Crippen MR) is 147 cm³/mol. The van der Waals surface area contributed by atoms with Crippen molar-refractivity contribution in [3.8, 4) is 34.0 Å². The van der Waals surface area contributed by atoms with Crippen LogP contribution in [-0.4, -0.2) is 25.4 Å². The quantitative estimate of drug-likeness (QED) is 0.233. The Morgan fingerprint density at radius 3 is 2.40 bits per heavy atom. The van der Waals surface area contributed by atoms with E-state index in [0.29, 0.717) is 33.4 Å². The van der Waals surface area contributed by atoms with E-state index in [1.54, 1.807) is 37.4 Å². The number of carbonyl (C=O) groups excluding carboxylic acids is 1. The highest BCUT2D eigenvalue weighted by Gasteiger charge is 2.30. The van der Waals surface area contributed by atoms with Gasteiger partial charge in [0.05, 0.1) is 16.6 Å². The second-order valence-corrected chi connectivity index (χ2v) is 9.06. The Morgan fingerprint density at radius 1 is 1.02 bits per heavy atom. The number of rotatable bonds is 6. The Kier molecular flexibility index (Phi) is 6.72. The first-order valence-electron chi connectivity index (χ1n) is 12.0. The van der Waals surface area contributed by atoms with Crippen molar-refractivity contribution in [1.29, 1.82) is 0 Å². The fourth-order valence-electron chi connectivity index (χ4n) is 4.29. The van der Waals surface area contributed by atoms with E-state index in [1.165, 1.54) is 18.5 Å². The number of carbonyl (C=O) groups is 1. The molecule has 5 rings (SSSR count). The maximum atomic E-state index is 13.1. The molecule has 40 heavy (non-hydrogen) atoms. The van der Waals surface area contributed by atoms with E-state index in [9.17, 15) is 18.0 Å². The smallest absolute Gasteiger partial charge is 0.416 e. The number of aryl methyl sites for hydroxylation is 1. The van der Waals surface area contributed by atoms with Crippen molar-refractivity contribution in [2.24, 2.45) is 7.05 Å². The maximum Gasteiger partial charge on any atom is 0.416 e. The van der Waals surface area contributed by atoms with E-state index < -0.39 is 11.7 Å². The summed E-state index contributed by atoms with van der Waals surface area (Å²) in [6.07, 6.45) is -1.56. The molecule has 8 nitrogen and oxygen atoms in total. The zero-order chi connectivity index (χ0) is 28.6. The van der Waals surface area contributed by atoms with Gasteiger partial charge in [-0.2, -0.15) is 13.2 Å². The maximum absolute atomic E-state index is 13.1. The Hall–Kier alpha value is -5.19. The molecule has 0 fully saturated rings. The first-order valence-corrected chi connectivity index (χ1v) is 12.0. The normalized spacial score (nSPS) is 11.4. The molecule has 0 bridgehead atoms. The topological polar surface area (TPSA) is 108 Å². The fraction of sp³-hybridized carbons (Fsp3) is 0.103. The number of nitrogens with zero attached hydrogens (tertiary/aromatic N) is 4. The van der Waals surface area contributed by atoms with Gasteiger partial charge in [-0.05, 0) is 48.9 Å². The average Bonchev–Trinajstić information content (AvgIpc) is 3.22. The first kappa shape index (κ1) is 26.4. The SMILES string of the molecule is C=C(C)C(=O)Nc1ccc(-c2c(-c3ccc(Oc4cccc(C(F)(F)F)c4)nc3)c3c(N)ncnc3n2C)cc1. The van der Waals surface area contributed by atoms with Gasteiger partial charge in [0.1, 0.15) is 23.5 Å². The van der Waals surface area contributed by atoms with Crippen LogP contribution < -0.4 is 15.8 Å². The molecular formula is C29H23F3N6O2. The fourth-order valence-corrected chi connectivity index (χ4v) is 4.29. The molecule has 3 N–H and O–H groups in total. The molecule has 0 saturated carbocycles. The summed E-state index contributed by atoms with van der Waals surface area (Å²) in [5.74, 6) is 0.125. The van der Waals surface area contributed by atoms with Crippen LogP contribution in [0.15, 0.2) is 85.3 Å². The van der Waals surface area contributed by atoms with Crippen molar-refractivity contribution in [3.05, 3.63) is 90.9 Å². The number of halogens is 3. The van der Waals surface area contributed by atoms with Gasteiger partial charge < -0.3 is 20.4 Å². The highest BCUT2D eigenvalue weighted by Crippen LogP contribution is 2.42. The van der Waals surface area contributed by atoms with Gasteiger partial charge in [-0.1, -0.05) is 24.8 Å². The number of hydrogen-bond acceptors (Lipinski definition) is 6. The number of amides is 1. The second kappa shape index (κ2) is 10.2. The van der Waals surface area contributed by atoms with Crippen LogP contribution in [0.1, 0.15) is 12.5 Å². The van der Waals surface area contributed by atoms with Gasteiger partial charge in [0.15, 0.2) is 0 Å². The molecular weight excluding hydrogens is 521 g/mol. The number of ether oxygens (including phenoxy) is 1. The standard InChI is InChI=1S/C29H23F3N6O2/c1-16(2)28(39)37-20-10-7-17(8-11-20)25-23(24-26(33)35-15-36-27(24)38(25)3)18-9-12-22(34-14-18)40-21-6-4-5-19(13-21)29(30,31)32/h4-15H,1H2,2-3H3,(H,37,39)(H2,33,35,36). The van der Waals surface area contributed by atoms with Gasteiger partial charge in [0.2, 0.25) is 5.88 Å². The molecule has 1 amide bonds. The van der Waals surface area contributed by atoms with Crippen molar-refractivity contribution in [3.63, 3.8) is 0 Å². The molecule has 0 aliphatic rings. The van der Waals surface area contributed by atoms with Crippen molar-refractivity contribution in [2.45, 2.75) is 13.1 Å². The van der Waals surface area contributed by atoms with E-state index in [2.05, 4.69) is 26.8 Å². The molecule has 0 unspecified atom stereocenters. The molecule has 0 aliphatic carbocycles. The van der Waals surface area contributed by atoms with Gasteiger partial charge in [-0.25, -0.2) is 15.0 Å². The number of nitrogens with two attached hydrogens (primary N) is 1. The lowest BCUT2D eigenvalue weighted by Gasteiger charge is -2.12. The van der Waals surface area contributed by atoms with Gasteiger partial charge in [-0.3, -0.25) is 4.79 Å². The van der Waals surface area contributed by atoms with Gasteiger partial charge in [0.25, 0.3) is 5.91 Å². The van der Waals surface area contributed by atoms with E-state index >= 15 is 0 Å². The number of aromatic nitrogens is 4. The molecule has 202 valence electrons. The number of pyridine rings is 1. The monoisotopic (exact) mass is 544 g/mol. The number of alkyl halides is 3. The summed E-state index contributed by atoms with van der Waals surface area (Å²) in [4.78, 5) is 24.9. The minimum absolute atomic E-state index is 0.0115. The predicted octanol–water partition coefficient (Wildman–Crippen LogP) is 6.61. The van der Waals surface area contributed by atoms with Crippen molar-refractivity contribution in [1.82, 2.24) is 19.5 Å². The lowest BCUT2D eigenvalue weighted by molar-refractivity contribution is -0.137. The van der Waals surface area contributed by atoms with E-state index in [-0.39, 0.29) is 23.4 Å². The van der Waals surface area contributed by atoms with Crippen LogP contribution in [0.2, 0.25) is 0 Å². The van der Waals surface area contributed by atoms with E-state index in [1.807, 2.05) is 23.7 Å². The lowest BCUT2D eigenvalue weighted by atomic mass is 10.00. The molecule has 0 radical (unpaired) electrons. The van der Waals surface area contributed by atoms with Crippen molar-refractivity contribution in [2.75, 3.05) is 11.1 Å². The number of benzene rings is 2. The number of hydrogen-bond donors (Lipinski definition) is 2. The van der Waals surface area contributed by atoms with Crippen LogP contribution in [0.25, 0.3) is 33.4 Å². The van der Waals surface area contributed by atoms with Crippen molar-refractivity contribution < 1.29 is 22.7 Å². The summed E-state index contributed by atoms with van der Waals surface area (Å²) in [6.45, 7) is 5.27. The first-order chi connectivity index (χ1) is 19.0. The van der Waals surface area contributed by atoms with E-state index in [0.717, 1.165) is 23.4 Å². The lowest BCUT2D eigenvalue weighted by Crippen LogP contribution is -2.11. The minimum atomic E-state index is -4.49. The number of fused-ring (bicyclic) bond motifs is 1. The molecule has 0 spiro atoms. The third kappa shape index (κ3) is 5.08. The zero-order valence-corrected chi connectivity index (χ0v) is 21.5. The molecule has 5 aromatic rings. The van der Waals surface area contributed by atoms with Crippen LogP contribution in [0.3, 0.4) is 0 Å². The van der Waals surface area contributed by atoms with Gasteiger partial charge in [0, 0.05) is 41.7 Å². The Bertz CT molecular complexity index is 1740. The highest BCUT2D eigenvalue weighted by molar-refractivity contribution is 6.08. The van der Waals surface area contributed by atoms with Crippen LogP contribution in [0.5, 0.6) is 11.6 Å². The summed E-state index contributed by atoms with van der Waals surface area (Å²) in [5, 5.41) is 3.40. The summed E-state index contributed by atoms with van der Waals surface area (Å²) >= 11 is 0. The largest absolute Gasteiger partial charge is 0.439 e. The van der Waals surface area contributed by atoms with Crippen LogP contribution in [-0.2, 0) is 18.0 Å². The zero-order valence-electron chi connectivity index (χ0n) is 21.5. The Labute approximate surface area is 227 Å². The number of nitrogens with one attached hydrogen (secondary N) is 1. The van der Waals surface area contributed by atoms with Crippen molar-refractivity contribution >= 4 is 28.4 Å². The summed E-state index contributed by atoms with van der Waals surface area (Å²) in [6, 6.07) is 15.1. The summed E-state index contributed by atoms with van der Waals surface area (Å²) in [7, 11) is 1.85. The molecule has 0 aliphatic heterocycles. The molecule has 11 heteroatoms. The Balaban J connectivity index is 1.54. The molecule has 0 saturated heterocycles. The second-order valence-electron chi connectivity index (χ2n) is 9.06. The van der Waals surface area contributed by atoms with Crippen LogP contribution in [0.4, 0.5) is 24.7 Å². The van der Waals surface area contributed by atoms with Crippen LogP contribution >= 0.6 is 0 Å². The Morgan fingerprint density at radius 2 is 1.75 bits per heavy atom. The molecule has 0 atom stereocenters. The number of anilines is 2. The highest BCUT2D eigenvalue weighted by atomic mass is 19.4. The molecule has 3 heterocycles. The van der Waals surface area contributed by atoms with Gasteiger partial charge >= 0.3 is 6.18 Å². The minimum Gasteiger partial charge on any atom is -0.439 e. The van der Waals surface area contributed by atoms with E-state index in [4.69, 9.17) is 10.5 Å². The summed E-state index contributed by atoms with van der Waals surface area (Å²) < 4.78 is 46.7. The number of nitrogen functional groups attached to an aromatic ring is 1. The molecule has 3 aromatic heterocycles. The van der Waals surface area contributed by atoms with Gasteiger partial charge in [-0.15, -0.1) is 0 Å². The third-order valence-electron chi connectivity index (χ3n) is 6.21.